The van der Waals surface area contributed by atoms with Crippen LogP contribution >= 0.6 is 11.3 Å². The first-order chi connectivity index (χ1) is 7.58. The summed E-state index contributed by atoms with van der Waals surface area (Å²) in [5.41, 5.74) is 8.10. The van der Waals surface area contributed by atoms with Gasteiger partial charge in [-0.3, -0.25) is 0 Å². The molecular weight excluding hydrogens is 223 g/mol. The van der Waals surface area contributed by atoms with Crippen LogP contribution in [0.25, 0.3) is 10.6 Å². The van der Waals surface area contributed by atoms with Crippen LogP contribution < -0.4 is 5.73 Å². The minimum Gasteiger partial charge on any atom is -0.323 e. The molecule has 0 spiro atoms. The van der Waals surface area contributed by atoms with Crippen molar-refractivity contribution in [1.82, 2.24) is 4.98 Å². The first-order valence-corrected chi connectivity index (χ1v) is 5.93. The molecule has 1 aromatic heterocycles. The van der Waals surface area contributed by atoms with E-state index in [0.29, 0.717) is 10.6 Å². The summed E-state index contributed by atoms with van der Waals surface area (Å²) in [6, 6.07) is 4.91. The van der Waals surface area contributed by atoms with E-state index in [0.717, 1.165) is 11.3 Å². The van der Waals surface area contributed by atoms with E-state index in [2.05, 4.69) is 4.98 Å². The number of halogens is 1. The maximum absolute atomic E-state index is 13.6. The Morgan fingerprint density at radius 2 is 2.19 bits per heavy atom. The predicted octanol–water partition coefficient (Wildman–Crippen LogP) is 3.28. The summed E-state index contributed by atoms with van der Waals surface area (Å²) in [7, 11) is 0. The average molecular weight is 236 g/mol. The maximum atomic E-state index is 13.6. The molecular formula is C12H13FN2S. The molecule has 0 bridgehead atoms. The monoisotopic (exact) mass is 236 g/mol. The number of thiazole rings is 1. The van der Waals surface area contributed by atoms with Crippen LogP contribution in [0.15, 0.2) is 23.6 Å². The Labute approximate surface area is 97.9 Å². The molecule has 2 N–H and O–H groups in total. The number of nitrogens with zero attached hydrogens (tertiary/aromatic N) is 1. The van der Waals surface area contributed by atoms with Crippen LogP contribution in [-0.4, -0.2) is 4.98 Å². The molecule has 1 aromatic carbocycles. The normalized spacial score (nSPS) is 12.8. The molecule has 0 saturated heterocycles. The van der Waals surface area contributed by atoms with Crippen molar-refractivity contribution in [2.45, 2.75) is 19.9 Å². The van der Waals surface area contributed by atoms with Crippen molar-refractivity contribution in [3.63, 3.8) is 0 Å². The number of aryl methyl sites for hydroxylation is 1. The van der Waals surface area contributed by atoms with E-state index in [-0.39, 0.29) is 11.9 Å². The quantitative estimate of drug-likeness (QED) is 0.869. The fraction of sp³-hybridized carbons (Fsp3) is 0.250. The van der Waals surface area contributed by atoms with Gasteiger partial charge in [0.25, 0.3) is 0 Å². The van der Waals surface area contributed by atoms with Crippen LogP contribution in [0.5, 0.6) is 0 Å². The fourth-order valence-electron chi connectivity index (χ4n) is 1.42. The summed E-state index contributed by atoms with van der Waals surface area (Å²) in [4.78, 5) is 4.34. The van der Waals surface area contributed by atoms with Gasteiger partial charge in [0.2, 0.25) is 0 Å². The second-order valence-corrected chi connectivity index (χ2v) is 4.71. The summed E-state index contributed by atoms with van der Waals surface area (Å²) >= 11 is 1.42. The standard InChI is InChI=1S/C12H13FN2S/c1-7-3-4-10(13)9(5-7)12-15-11(6-16-12)8(2)14/h3-6,8H,14H2,1-2H3. The Hall–Kier alpha value is -1.26. The molecule has 0 saturated carbocycles. The maximum Gasteiger partial charge on any atom is 0.133 e. The lowest BCUT2D eigenvalue weighted by Crippen LogP contribution is -2.04. The number of hydrogen-bond acceptors (Lipinski definition) is 3. The van der Waals surface area contributed by atoms with Gasteiger partial charge in [0.15, 0.2) is 0 Å². The van der Waals surface area contributed by atoms with Gasteiger partial charge in [-0.25, -0.2) is 9.37 Å². The van der Waals surface area contributed by atoms with Gasteiger partial charge in [-0.2, -0.15) is 0 Å². The van der Waals surface area contributed by atoms with Gasteiger partial charge in [-0.1, -0.05) is 11.6 Å². The van der Waals surface area contributed by atoms with E-state index in [1.165, 1.54) is 17.4 Å². The molecule has 2 nitrogen and oxygen atoms in total. The molecule has 2 aromatic rings. The van der Waals surface area contributed by atoms with E-state index < -0.39 is 0 Å². The third kappa shape index (κ3) is 2.13. The number of benzene rings is 1. The van der Waals surface area contributed by atoms with E-state index in [9.17, 15) is 4.39 Å². The molecule has 1 unspecified atom stereocenters. The van der Waals surface area contributed by atoms with Gasteiger partial charge in [0.1, 0.15) is 10.8 Å². The van der Waals surface area contributed by atoms with E-state index in [1.54, 1.807) is 12.1 Å². The Balaban J connectivity index is 2.46. The molecule has 0 aliphatic rings. The molecule has 0 aliphatic heterocycles. The van der Waals surface area contributed by atoms with Crippen LogP contribution in [0.3, 0.4) is 0 Å². The third-order valence-electron chi connectivity index (χ3n) is 2.34. The Kier molecular flexibility index (Phi) is 3.03. The molecule has 84 valence electrons. The molecule has 0 amide bonds. The highest BCUT2D eigenvalue weighted by Gasteiger charge is 2.11. The number of rotatable bonds is 2. The predicted molar refractivity (Wildman–Crippen MR) is 64.8 cm³/mol. The first kappa shape index (κ1) is 11.2. The van der Waals surface area contributed by atoms with E-state index in [1.807, 2.05) is 19.2 Å². The molecule has 1 heterocycles. The van der Waals surface area contributed by atoms with Crippen LogP contribution in [0.1, 0.15) is 24.2 Å². The lowest BCUT2D eigenvalue weighted by Gasteiger charge is -2.01. The zero-order valence-electron chi connectivity index (χ0n) is 9.20. The molecule has 0 fully saturated rings. The number of aromatic nitrogens is 1. The lowest BCUT2D eigenvalue weighted by atomic mass is 10.1. The topological polar surface area (TPSA) is 38.9 Å². The fourth-order valence-corrected chi connectivity index (χ4v) is 2.36. The number of nitrogens with two attached hydrogens (primary N) is 1. The zero-order valence-corrected chi connectivity index (χ0v) is 10.0. The van der Waals surface area contributed by atoms with Crippen LogP contribution in [0.2, 0.25) is 0 Å². The smallest absolute Gasteiger partial charge is 0.133 e. The largest absolute Gasteiger partial charge is 0.323 e. The highest BCUT2D eigenvalue weighted by atomic mass is 32.1. The van der Waals surface area contributed by atoms with Crippen molar-refractivity contribution < 1.29 is 4.39 Å². The van der Waals surface area contributed by atoms with Crippen molar-refractivity contribution >= 4 is 11.3 Å². The summed E-state index contributed by atoms with van der Waals surface area (Å²) in [6.07, 6.45) is 0. The van der Waals surface area contributed by atoms with Gasteiger partial charge < -0.3 is 5.73 Å². The summed E-state index contributed by atoms with van der Waals surface area (Å²) in [6.45, 7) is 3.80. The van der Waals surface area contributed by atoms with Gasteiger partial charge in [0, 0.05) is 17.0 Å². The van der Waals surface area contributed by atoms with Crippen molar-refractivity contribution in [3.8, 4) is 10.6 Å². The second kappa shape index (κ2) is 4.31. The van der Waals surface area contributed by atoms with Gasteiger partial charge in [-0.15, -0.1) is 11.3 Å². The molecule has 0 radical (unpaired) electrons. The van der Waals surface area contributed by atoms with E-state index >= 15 is 0 Å². The lowest BCUT2D eigenvalue weighted by molar-refractivity contribution is 0.630. The van der Waals surface area contributed by atoms with Crippen molar-refractivity contribution in [1.29, 1.82) is 0 Å². The summed E-state index contributed by atoms with van der Waals surface area (Å²) < 4.78 is 13.6. The Morgan fingerprint density at radius 3 is 2.81 bits per heavy atom. The van der Waals surface area contributed by atoms with Crippen molar-refractivity contribution in [2.24, 2.45) is 5.73 Å². The molecule has 2 rings (SSSR count). The van der Waals surface area contributed by atoms with Crippen molar-refractivity contribution in [2.75, 3.05) is 0 Å². The van der Waals surface area contributed by atoms with Gasteiger partial charge in [0.05, 0.1) is 5.69 Å². The second-order valence-electron chi connectivity index (χ2n) is 3.85. The van der Waals surface area contributed by atoms with Crippen LogP contribution in [0.4, 0.5) is 4.39 Å². The highest BCUT2D eigenvalue weighted by Crippen LogP contribution is 2.28. The SMILES string of the molecule is Cc1ccc(F)c(-c2nc(C(C)N)cs2)c1. The summed E-state index contributed by atoms with van der Waals surface area (Å²) in [5, 5.41) is 2.57. The average Bonchev–Trinajstić information content (AvgIpc) is 2.70. The zero-order chi connectivity index (χ0) is 11.7. The molecule has 16 heavy (non-hydrogen) atoms. The first-order valence-electron chi connectivity index (χ1n) is 5.05. The molecule has 0 aliphatic carbocycles. The Morgan fingerprint density at radius 1 is 1.44 bits per heavy atom. The molecule has 1 atom stereocenters. The van der Waals surface area contributed by atoms with Gasteiger partial charge >= 0.3 is 0 Å². The minimum absolute atomic E-state index is 0.113. The van der Waals surface area contributed by atoms with Crippen LogP contribution in [-0.2, 0) is 0 Å². The highest BCUT2D eigenvalue weighted by molar-refractivity contribution is 7.13. The minimum atomic E-state index is -0.240. The van der Waals surface area contributed by atoms with E-state index in [4.69, 9.17) is 5.73 Å². The van der Waals surface area contributed by atoms with Crippen molar-refractivity contribution in [3.05, 3.63) is 40.7 Å². The van der Waals surface area contributed by atoms with Crippen LogP contribution in [0, 0.1) is 12.7 Å². The Bertz CT molecular complexity index is 505. The molecule has 4 heteroatoms. The van der Waals surface area contributed by atoms with Gasteiger partial charge in [-0.05, 0) is 26.0 Å². The number of hydrogen-bond donors (Lipinski definition) is 1. The summed E-state index contributed by atoms with van der Waals surface area (Å²) in [5.74, 6) is -0.240. The third-order valence-corrected chi connectivity index (χ3v) is 3.23.